The summed E-state index contributed by atoms with van der Waals surface area (Å²) in [4.78, 5) is 17.8. The highest BCUT2D eigenvalue weighted by Crippen LogP contribution is 2.24. The number of rotatable bonds is 2. The number of halogens is 1. The van der Waals surface area contributed by atoms with Crippen molar-refractivity contribution in [1.82, 2.24) is 19.9 Å². The monoisotopic (exact) mass is 267 g/mol. The van der Waals surface area contributed by atoms with Crippen LogP contribution in [0.15, 0.2) is 6.33 Å². The van der Waals surface area contributed by atoms with Gasteiger partial charge in [-0.2, -0.15) is 9.97 Å². The second kappa shape index (κ2) is 4.70. The maximum atomic E-state index is 5.94. The van der Waals surface area contributed by atoms with Gasteiger partial charge < -0.3 is 14.6 Å². The molecule has 0 aliphatic carbocycles. The lowest BCUT2D eigenvalue weighted by molar-refractivity contribution is 0.0382. The van der Waals surface area contributed by atoms with Gasteiger partial charge in [-0.05, 0) is 18.0 Å². The van der Waals surface area contributed by atoms with Crippen molar-refractivity contribution in [2.45, 2.75) is 19.4 Å². The van der Waals surface area contributed by atoms with Crippen LogP contribution < -0.4 is 4.90 Å². The fraction of sp³-hybridized carbons (Fsp3) is 0.545. The number of hydrogen-bond donors (Lipinski definition) is 1. The molecule has 0 amide bonds. The summed E-state index contributed by atoms with van der Waals surface area (Å²) in [5, 5.41) is 0.226. The molecule has 3 rings (SSSR count). The normalized spacial score (nSPS) is 20.6. The summed E-state index contributed by atoms with van der Waals surface area (Å²) in [6.07, 6.45) is 2.84. The van der Waals surface area contributed by atoms with Gasteiger partial charge in [-0.25, -0.2) is 4.98 Å². The highest BCUT2D eigenvalue weighted by atomic mass is 35.5. The summed E-state index contributed by atoms with van der Waals surface area (Å²) in [5.74, 6) is 0.809. The summed E-state index contributed by atoms with van der Waals surface area (Å²) in [7, 11) is 0. The number of H-pyrrole nitrogens is 1. The van der Waals surface area contributed by atoms with Crippen molar-refractivity contribution in [2.24, 2.45) is 0 Å². The molecule has 1 N–H and O–H groups in total. The Hall–Kier alpha value is -1.40. The van der Waals surface area contributed by atoms with Crippen LogP contribution >= 0.6 is 11.6 Å². The highest BCUT2D eigenvalue weighted by Gasteiger charge is 2.23. The van der Waals surface area contributed by atoms with Gasteiger partial charge in [0.2, 0.25) is 5.28 Å². The standard InChI is InChI=1S/C11H14ClN5O/c1-2-7-5-17(3-4-18-7)10-8-9(14-6-13-8)15-11(12)16-10/h6-7H,2-5H2,1H3,(H,13,14,15,16). The van der Waals surface area contributed by atoms with Crippen LogP contribution in [0.25, 0.3) is 11.2 Å². The lowest BCUT2D eigenvalue weighted by atomic mass is 10.2. The average molecular weight is 268 g/mol. The largest absolute Gasteiger partial charge is 0.375 e. The molecule has 96 valence electrons. The lowest BCUT2D eigenvalue weighted by Gasteiger charge is -2.33. The van der Waals surface area contributed by atoms with Crippen molar-refractivity contribution in [3.8, 4) is 0 Å². The van der Waals surface area contributed by atoms with Gasteiger partial charge in [0.05, 0.1) is 19.0 Å². The Kier molecular flexibility index (Phi) is 3.05. The van der Waals surface area contributed by atoms with Gasteiger partial charge in [-0.15, -0.1) is 0 Å². The summed E-state index contributed by atoms with van der Waals surface area (Å²) in [6.45, 7) is 4.44. The molecule has 1 saturated heterocycles. The Labute approximate surface area is 109 Å². The number of aromatic nitrogens is 4. The molecule has 1 aliphatic rings. The maximum absolute atomic E-state index is 5.94. The number of ether oxygens (including phenoxy) is 1. The van der Waals surface area contributed by atoms with E-state index in [2.05, 4.69) is 31.8 Å². The summed E-state index contributed by atoms with van der Waals surface area (Å²) < 4.78 is 5.66. The van der Waals surface area contributed by atoms with Gasteiger partial charge in [0, 0.05) is 13.1 Å². The van der Waals surface area contributed by atoms with Crippen molar-refractivity contribution >= 4 is 28.6 Å². The molecule has 0 saturated carbocycles. The number of aromatic amines is 1. The fourth-order valence-electron chi connectivity index (χ4n) is 2.18. The third-order valence-electron chi connectivity index (χ3n) is 3.13. The molecule has 0 radical (unpaired) electrons. The number of imidazole rings is 1. The van der Waals surface area contributed by atoms with E-state index in [1.165, 1.54) is 0 Å². The predicted molar refractivity (Wildman–Crippen MR) is 68.9 cm³/mol. The molecule has 2 aromatic rings. The Morgan fingerprint density at radius 3 is 3.28 bits per heavy atom. The number of hydrogen-bond acceptors (Lipinski definition) is 5. The van der Waals surface area contributed by atoms with E-state index in [4.69, 9.17) is 16.3 Å². The minimum atomic E-state index is 0.226. The Balaban J connectivity index is 2.00. The van der Waals surface area contributed by atoms with E-state index < -0.39 is 0 Å². The van der Waals surface area contributed by atoms with Crippen LogP contribution in [0.5, 0.6) is 0 Å². The molecule has 6 nitrogen and oxygen atoms in total. The van der Waals surface area contributed by atoms with E-state index >= 15 is 0 Å². The van der Waals surface area contributed by atoms with Crippen molar-refractivity contribution in [3.63, 3.8) is 0 Å². The fourth-order valence-corrected chi connectivity index (χ4v) is 2.34. The predicted octanol–water partition coefficient (Wildman–Crippen LogP) is 1.62. The SMILES string of the molecule is CCC1CN(c2nc(Cl)nc3nc[nH]c23)CCO1. The van der Waals surface area contributed by atoms with E-state index in [-0.39, 0.29) is 11.4 Å². The molecule has 7 heteroatoms. The first-order chi connectivity index (χ1) is 8.78. The van der Waals surface area contributed by atoms with Crippen LogP contribution in [0.2, 0.25) is 5.28 Å². The maximum Gasteiger partial charge on any atom is 0.226 e. The second-order valence-corrected chi connectivity index (χ2v) is 4.60. The second-order valence-electron chi connectivity index (χ2n) is 4.26. The quantitative estimate of drug-likeness (QED) is 0.838. The first kappa shape index (κ1) is 11.7. The Bertz CT molecular complexity index is 557. The van der Waals surface area contributed by atoms with Crippen molar-refractivity contribution in [3.05, 3.63) is 11.6 Å². The average Bonchev–Trinajstić information content (AvgIpc) is 2.85. The number of anilines is 1. The Morgan fingerprint density at radius 2 is 2.44 bits per heavy atom. The molecular weight excluding hydrogens is 254 g/mol. The molecular formula is C11H14ClN5O. The topological polar surface area (TPSA) is 66.9 Å². The zero-order valence-electron chi connectivity index (χ0n) is 10.1. The number of nitrogens with zero attached hydrogens (tertiary/aromatic N) is 4. The first-order valence-electron chi connectivity index (χ1n) is 6.01. The molecule has 1 fully saturated rings. The minimum Gasteiger partial charge on any atom is -0.375 e. The van der Waals surface area contributed by atoms with Gasteiger partial charge in [-0.1, -0.05) is 6.92 Å². The van der Waals surface area contributed by atoms with Crippen molar-refractivity contribution in [1.29, 1.82) is 0 Å². The molecule has 0 spiro atoms. The van der Waals surface area contributed by atoms with Crippen LogP contribution in [0.1, 0.15) is 13.3 Å². The molecule has 3 heterocycles. The zero-order valence-corrected chi connectivity index (χ0v) is 10.8. The smallest absolute Gasteiger partial charge is 0.226 e. The van der Waals surface area contributed by atoms with Crippen molar-refractivity contribution < 1.29 is 4.74 Å². The van der Waals surface area contributed by atoms with E-state index in [1.807, 2.05) is 0 Å². The molecule has 1 unspecified atom stereocenters. The van der Waals surface area contributed by atoms with Crippen LogP contribution in [-0.2, 0) is 4.74 Å². The van der Waals surface area contributed by atoms with Gasteiger partial charge in [0.25, 0.3) is 0 Å². The van der Waals surface area contributed by atoms with Crippen LogP contribution in [0.3, 0.4) is 0 Å². The van der Waals surface area contributed by atoms with E-state index in [1.54, 1.807) is 6.33 Å². The van der Waals surface area contributed by atoms with E-state index in [9.17, 15) is 0 Å². The van der Waals surface area contributed by atoms with Crippen LogP contribution in [0.4, 0.5) is 5.82 Å². The molecule has 1 atom stereocenters. The molecule has 0 aromatic carbocycles. The molecule has 18 heavy (non-hydrogen) atoms. The van der Waals surface area contributed by atoms with E-state index in [0.717, 1.165) is 30.8 Å². The zero-order chi connectivity index (χ0) is 12.5. The summed E-state index contributed by atoms with van der Waals surface area (Å²) >= 11 is 5.94. The van der Waals surface area contributed by atoms with Crippen molar-refractivity contribution in [2.75, 3.05) is 24.6 Å². The number of fused-ring (bicyclic) bond motifs is 1. The van der Waals surface area contributed by atoms with Gasteiger partial charge in [-0.3, -0.25) is 0 Å². The number of morpholine rings is 1. The third kappa shape index (κ3) is 2.02. The molecule has 1 aliphatic heterocycles. The van der Waals surface area contributed by atoms with Crippen LogP contribution in [-0.4, -0.2) is 45.7 Å². The Morgan fingerprint density at radius 1 is 1.56 bits per heavy atom. The van der Waals surface area contributed by atoms with Gasteiger partial charge >= 0.3 is 0 Å². The third-order valence-corrected chi connectivity index (χ3v) is 3.30. The van der Waals surface area contributed by atoms with Crippen LogP contribution in [0, 0.1) is 0 Å². The molecule has 2 aromatic heterocycles. The van der Waals surface area contributed by atoms with Gasteiger partial charge in [0.15, 0.2) is 11.5 Å². The van der Waals surface area contributed by atoms with Gasteiger partial charge in [0.1, 0.15) is 5.52 Å². The lowest BCUT2D eigenvalue weighted by Crippen LogP contribution is -2.42. The summed E-state index contributed by atoms with van der Waals surface area (Å²) in [5.41, 5.74) is 1.43. The summed E-state index contributed by atoms with van der Waals surface area (Å²) in [6, 6.07) is 0. The molecule has 0 bridgehead atoms. The van der Waals surface area contributed by atoms with E-state index in [0.29, 0.717) is 12.3 Å². The number of nitrogens with one attached hydrogen (secondary N) is 1. The highest BCUT2D eigenvalue weighted by molar-refractivity contribution is 6.28. The minimum absolute atomic E-state index is 0.226. The first-order valence-corrected chi connectivity index (χ1v) is 6.39.